The van der Waals surface area contributed by atoms with E-state index in [2.05, 4.69) is 4.72 Å². The minimum Gasteiger partial charge on any atom is -0.380 e. The fourth-order valence-corrected chi connectivity index (χ4v) is 3.58. The predicted molar refractivity (Wildman–Crippen MR) is 72.8 cm³/mol. The summed E-state index contributed by atoms with van der Waals surface area (Å²) in [5.74, 6) is 0. The summed E-state index contributed by atoms with van der Waals surface area (Å²) in [5, 5.41) is 10.2. The molecule has 1 aromatic rings. The molecule has 0 radical (unpaired) electrons. The van der Waals surface area contributed by atoms with E-state index < -0.39 is 26.2 Å². The number of hydrogen-bond acceptors (Lipinski definition) is 5. The zero-order valence-electron chi connectivity index (χ0n) is 11.0. The molecular weight excluding hydrogens is 284 g/mol. The van der Waals surface area contributed by atoms with Crippen molar-refractivity contribution in [3.8, 4) is 0 Å². The highest BCUT2D eigenvalue weighted by Gasteiger charge is 2.31. The third-order valence-electron chi connectivity index (χ3n) is 3.25. The van der Waals surface area contributed by atoms with Gasteiger partial charge >= 0.3 is 0 Å². The predicted octanol–water partition coefficient (Wildman–Crippen LogP) is 1.36. The van der Waals surface area contributed by atoms with Crippen LogP contribution in [0.1, 0.15) is 24.9 Å². The Bertz CT molecular complexity index is 596. The van der Waals surface area contributed by atoms with Crippen molar-refractivity contribution in [1.82, 2.24) is 4.72 Å². The molecule has 20 heavy (non-hydrogen) atoms. The zero-order chi connectivity index (χ0) is 14.8. The molecule has 1 aliphatic heterocycles. The average Bonchev–Trinajstić information content (AvgIpc) is 2.93. The average molecular weight is 300 g/mol. The number of hydrogen-bond donors (Lipinski definition) is 1. The van der Waals surface area contributed by atoms with E-state index in [-0.39, 0.29) is 12.3 Å². The van der Waals surface area contributed by atoms with E-state index >= 15 is 0 Å². The van der Waals surface area contributed by atoms with Crippen molar-refractivity contribution in [2.75, 3.05) is 13.2 Å². The number of nitro benzene ring substituents is 1. The summed E-state index contributed by atoms with van der Waals surface area (Å²) in [4.78, 5) is 10.2. The van der Waals surface area contributed by atoms with Crippen molar-refractivity contribution < 1.29 is 18.1 Å². The monoisotopic (exact) mass is 300 g/mol. The highest BCUT2D eigenvalue weighted by atomic mass is 32.2. The van der Waals surface area contributed by atoms with Gasteiger partial charge in [-0.1, -0.05) is 12.1 Å². The topological polar surface area (TPSA) is 98.5 Å². The van der Waals surface area contributed by atoms with E-state index in [4.69, 9.17) is 4.74 Å². The van der Waals surface area contributed by atoms with E-state index in [0.29, 0.717) is 18.6 Å². The number of rotatable bonds is 5. The number of ether oxygens (including phenoxy) is 1. The van der Waals surface area contributed by atoms with Gasteiger partial charge in [-0.15, -0.1) is 0 Å². The van der Waals surface area contributed by atoms with Crippen LogP contribution < -0.4 is 4.72 Å². The molecule has 1 fully saturated rings. The van der Waals surface area contributed by atoms with Crippen LogP contribution >= 0.6 is 0 Å². The first-order chi connectivity index (χ1) is 9.40. The van der Waals surface area contributed by atoms with Gasteiger partial charge in [-0.25, -0.2) is 13.1 Å². The van der Waals surface area contributed by atoms with Crippen LogP contribution in [0.2, 0.25) is 0 Å². The highest BCUT2D eigenvalue weighted by Crippen LogP contribution is 2.21. The van der Waals surface area contributed by atoms with Gasteiger partial charge in [0.05, 0.1) is 11.5 Å². The molecule has 7 nitrogen and oxygen atoms in total. The molecule has 0 aliphatic carbocycles. The van der Waals surface area contributed by atoms with Crippen molar-refractivity contribution in [3.63, 3.8) is 0 Å². The van der Waals surface area contributed by atoms with E-state index in [0.717, 1.165) is 0 Å². The molecule has 1 heterocycles. The maximum absolute atomic E-state index is 12.1. The van der Waals surface area contributed by atoms with Crippen LogP contribution in [0.15, 0.2) is 24.3 Å². The Labute approximate surface area is 117 Å². The molecule has 8 heteroatoms. The number of nitrogens with one attached hydrogen (secondary N) is 1. The first-order valence-electron chi connectivity index (χ1n) is 6.23. The summed E-state index contributed by atoms with van der Waals surface area (Å²) in [6.45, 7) is 2.29. The number of non-ortho nitro benzene ring substituents is 1. The van der Waals surface area contributed by atoms with E-state index in [1.807, 2.05) is 0 Å². The number of sulfonamides is 1. The molecule has 2 unspecified atom stereocenters. The van der Waals surface area contributed by atoms with Gasteiger partial charge in [0.25, 0.3) is 5.69 Å². The lowest BCUT2D eigenvalue weighted by Crippen LogP contribution is -2.36. The molecule has 1 aliphatic rings. The van der Waals surface area contributed by atoms with E-state index in [1.54, 1.807) is 13.0 Å². The Kier molecular flexibility index (Phi) is 4.36. The quantitative estimate of drug-likeness (QED) is 0.654. The van der Waals surface area contributed by atoms with Crippen LogP contribution in [-0.4, -0.2) is 31.8 Å². The molecule has 0 aromatic heterocycles. The summed E-state index contributed by atoms with van der Waals surface area (Å²) in [5.41, 5.74) is 0.499. The van der Waals surface area contributed by atoms with Gasteiger partial charge < -0.3 is 4.74 Å². The van der Waals surface area contributed by atoms with Gasteiger partial charge in [-0.05, 0) is 18.9 Å². The first kappa shape index (κ1) is 14.9. The summed E-state index contributed by atoms with van der Waals surface area (Å²) in [7, 11) is -3.49. The Morgan fingerprint density at radius 3 is 2.85 bits per heavy atom. The maximum atomic E-state index is 12.1. The maximum Gasteiger partial charge on any atom is 0.269 e. The van der Waals surface area contributed by atoms with Crippen molar-refractivity contribution >= 4 is 15.7 Å². The molecule has 1 saturated heterocycles. The lowest BCUT2D eigenvalue weighted by molar-refractivity contribution is -0.384. The summed E-state index contributed by atoms with van der Waals surface area (Å²) in [6, 6.07) is 5.41. The first-order valence-corrected chi connectivity index (χ1v) is 7.78. The second-order valence-corrected chi connectivity index (χ2v) is 6.71. The van der Waals surface area contributed by atoms with E-state index in [9.17, 15) is 18.5 Å². The number of nitrogens with zero attached hydrogens (tertiary/aromatic N) is 1. The van der Waals surface area contributed by atoms with Crippen LogP contribution in [-0.2, 0) is 14.8 Å². The standard InChI is InChI=1S/C12H16N2O5S/c1-9(10-3-2-4-11(7-10)14(15)16)13-20(17,18)12-5-6-19-8-12/h2-4,7,9,12-13H,5-6,8H2,1H3. The van der Waals surface area contributed by atoms with Gasteiger partial charge in [0.2, 0.25) is 10.0 Å². The SMILES string of the molecule is CC(NS(=O)(=O)C1CCOC1)c1cccc([N+](=O)[O-])c1. The van der Waals surface area contributed by atoms with Gasteiger partial charge in [-0.3, -0.25) is 10.1 Å². The second kappa shape index (κ2) is 5.86. The molecule has 110 valence electrons. The molecule has 2 atom stereocenters. The third-order valence-corrected chi connectivity index (χ3v) is 5.18. The van der Waals surface area contributed by atoms with Crippen LogP contribution in [0, 0.1) is 10.1 Å². The van der Waals surface area contributed by atoms with Crippen molar-refractivity contribution in [2.45, 2.75) is 24.6 Å². The largest absolute Gasteiger partial charge is 0.380 e. The van der Waals surface area contributed by atoms with Gasteiger partial charge in [-0.2, -0.15) is 0 Å². The Morgan fingerprint density at radius 1 is 1.50 bits per heavy atom. The third kappa shape index (κ3) is 3.33. The molecule has 0 saturated carbocycles. The Balaban J connectivity index is 2.13. The fraction of sp³-hybridized carbons (Fsp3) is 0.500. The highest BCUT2D eigenvalue weighted by molar-refractivity contribution is 7.90. The van der Waals surface area contributed by atoms with E-state index in [1.165, 1.54) is 18.2 Å². The molecule has 0 amide bonds. The van der Waals surface area contributed by atoms with Crippen molar-refractivity contribution in [2.24, 2.45) is 0 Å². The van der Waals surface area contributed by atoms with Gasteiger partial charge in [0.1, 0.15) is 5.25 Å². The molecule has 1 N–H and O–H groups in total. The summed E-state index contributed by atoms with van der Waals surface area (Å²) in [6.07, 6.45) is 0.469. The van der Waals surface area contributed by atoms with Gasteiger partial charge in [0.15, 0.2) is 0 Å². The molecular formula is C12H16N2O5S. The van der Waals surface area contributed by atoms with Gasteiger partial charge in [0, 0.05) is 24.8 Å². The lowest BCUT2D eigenvalue weighted by Gasteiger charge is -2.17. The molecule has 0 bridgehead atoms. The number of benzene rings is 1. The summed E-state index contributed by atoms with van der Waals surface area (Å²) < 4.78 is 31.8. The zero-order valence-corrected chi connectivity index (χ0v) is 11.8. The van der Waals surface area contributed by atoms with Crippen LogP contribution in [0.4, 0.5) is 5.69 Å². The summed E-state index contributed by atoms with van der Waals surface area (Å²) >= 11 is 0. The lowest BCUT2D eigenvalue weighted by atomic mass is 10.1. The smallest absolute Gasteiger partial charge is 0.269 e. The van der Waals surface area contributed by atoms with Crippen molar-refractivity contribution in [1.29, 1.82) is 0 Å². The fourth-order valence-electron chi connectivity index (χ4n) is 2.08. The Morgan fingerprint density at radius 2 is 2.25 bits per heavy atom. The molecule has 1 aromatic carbocycles. The Hall–Kier alpha value is -1.51. The second-order valence-electron chi connectivity index (χ2n) is 4.72. The van der Waals surface area contributed by atoms with Crippen LogP contribution in [0.5, 0.6) is 0 Å². The number of nitro groups is 1. The van der Waals surface area contributed by atoms with Crippen LogP contribution in [0.3, 0.4) is 0 Å². The normalized spacial score (nSPS) is 20.8. The van der Waals surface area contributed by atoms with Crippen molar-refractivity contribution in [3.05, 3.63) is 39.9 Å². The minimum absolute atomic E-state index is 0.0576. The molecule has 0 spiro atoms. The minimum atomic E-state index is -3.49. The van der Waals surface area contributed by atoms with Crippen LogP contribution in [0.25, 0.3) is 0 Å². The molecule has 2 rings (SSSR count).